The average Bonchev–Trinajstić information content (AvgIpc) is 2.95. The van der Waals surface area contributed by atoms with Crippen molar-refractivity contribution in [1.82, 2.24) is 0 Å². The molecule has 0 saturated heterocycles. The minimum Gasteiger partial charge on any atom is -0.384 e. The lowest BCUT2D eigenvalue weighted by Gasteiger charge is -2.21. The highest BCUT2D eigenvalue weighted by Gasteiger charge is 2.32. The fourth-order valence-corrected chi connectivity index (χ4v) is 3.75. The Hall–Kier alpha value is -2.64. The predicted octanol–water partition coefficient (Wildman–Crippen LogP) is 5.99. The Labute approximate surface area is 155 Å². The summed E-state index contributed by atoms with van der Waals surface area (Å²) < 4.78 is 0. The van der Waals surface area contributed by atoms with E-state index in [9.17, 15) is 5.11 Å². The molecule has 1 nitrogen and oxygen atoms in total. The second-order valence-electron chi connectivity index (χ2n) is 7.98. The molecule has 130 valence electrons. The van der Waals surface area contributed by atoms with Crippen molar-refractivity contribution in [3.8, 4) is 0 Å². The summed E-state index contributed by atoms with van der Waals surface area (Å²) in [5.41, 5.74) is 7.86. The van der Waals surface area contributed by atoms with Crippen LogP contribution < -0.4 is 0 Å². The van der Waals surface area contributed by atoms with E-state index in [4.69, 9.17) is 0 Å². The van der Waals surface area contributed by atoms with Crippen molar-refractivity contribution in [2.45, 2.75) is 32.3 Å². The van der Waals surface area contributed by atoms with Gasteiger partial charge in [-0.05, 0) is 38.8 Å². The first-order chi connectivity index (χ1) is 12.5. The van der Waals surface area contributed by atoms with Gasteiger partial charge in [0.05, 0.1) is 0 Å². The number of fused-ring (bicyclic) bond motifs is 1. The zero-order chi connectivity index (χ0) is 18.3. The van der Waals surface area contributed by atoms with E-state index in [2.05, 4.69) is 75.4 Å². The zero-order valence-electron chi connectivity index (χ0n) is 15.5. The third-order valence-electron chi connectivity index (χ3n) is 5.17. The largest absolute Gasteiger partial charge is 0.384 e. The number of hydrogen-bond donors (Lipinski definition) is 1. The summed E-state index contributed by atoms with van der Waals surface area (Å²) in [6.07, 6.45) is -0.600. The van der Waals surface area contributed by atoms with Gasteiger partial charge in [-0.3, -0.25) is 0 Å². The van der Waals surface area contributed by atoms with Gasteiger partial charge in [0.15, 0.2) is 0 Å². The van der Waals surface area contributed by atoms with Gasteiger partial charge in [-0.25, -0.2) is 0 Å². The minimum atomic E-state index is -0.600. The van der Waals surface area contributed by atoms with Crippen molar-refractivity contribution in [3.05, 3.63) is 107 Å². The predicted molar refractivity (Wildman–Crippen MR) is 109 cm³/mol. The van der Waals surface area contributed by atoms with Crippen molar-refractivity contribution < 1.29 is 5.11 Å². The van der Waals surface area contributed by atoms with Crippen LogP contribution in [0, 0.1) is 0 Å². The first-order valence-corrected chi connectivity index (χ1v) is 9.14. The maximum absolute atomic E-state index is 11.2. The van der Waals surface area contributed by atoms with Gasteiger partial charge >= 0.3 is 0 Å². The molecule has 0 aromatic heterocycles. The molecule has 0 aliphatic heterocycles. The summed E-state index contributed by atoms with van der Waals surface area (Å²) in [7, 11) is 0. The smallest absolute Gasteiger partial charge is 0.106 e. The van der Waals surface area contributed by atoms with Crippen LogP contribution in [0.5, 0.6) is 0 Å². The van der Waals surface area contributed by atoms with E-state index in [0.717, 1.165) is 33.4 Å². The first-order valence-electron chi connectivity index (χ1n) is 9.14. The molecule has 1 unspecified atom stereocenters. The van der Waals surface area contributed by atoms with Crippen LogP contribution in [-0.4, -0.2) is 5.11 Å². The van der Waals surface area contributed by atoms with E-state index in [1.54, 1.807) is 0 Å². The van der Waals surface area contributed by atoms with Crippen LogP contribution in [0.15, 0.2) is 78.9 Å². The molecule has 0 bridgehead atoms. The summed E-state index contributed by atoms with van der Waals surface area (Å²) >= 11 is 0. The molecule has 26 heavy (non-hydrogen) atoms. The highest BCUT2D eigenvalue weighted by Crippen LogP contribution is 2.49. The van der Waals surface area contributed by atoms with Gasteiger partial charge in [0.25, 0.3) is 0 Å². The highest BCUT2D eigenvalue weighted by molar-refractivity contribution is 6.05. The molecule has 0 fully saturated rings. The number of aliphatic hydroxyl groups is 1. The maximum atomic E-state index is 11.2. The van der Waals surface area contributed by atoms with Gasteiger partial charge in [-0.1, -0.05) is 99.6 Å². The van der Waals surface area contributed by atoms with E-state index >= 15 is 0 Å². The van der Waals surface area contributed by atoms with Gasteiger partial charge in [0.2, 0.25) is 0 Å². The standard InChI is InChI=1S/C25H24O/c1-25(2,3)19-14-15-20-21(16-19)22(17-10-6-4-7-11-17)23(24(20)26)18-12-8-5-9-13-18/h4-16,24,26H,1-3H3. The number of aliphatic hydroxyl groups excluding tert-OH is 1. The third-order valence-corrected chi connectivity index (χ3v) is 5.17. The lowest BCUT2D eigenvalue weighted by atomic mass is 9.84. The molecule has 1 aliphatic carbocycles. The lowest BCUT2D eigenvalue weighted by molar-refractivity contribution is 0.241. The summed E-state index contributed by atoms with van der Waals surface area (Å²) in [5, 5.41) is 11.2. The van der Waals surface area contributed by atoms with Gasteiger partial charge in [-0.2, -0.15) is 0 Å². The monoisotopic (exact) mass is 340 g/mol. The summed E-state index contributed by atoms with van der Waals surface area (Å²) in [5.74, 6) is 0. The van der Waals surface area contributed by atoms with Crippen LogP contribution in [0.25, 0.3) is 11.1 Å². The molecule has 4 rings (SSSR count). The summed E-state index contributed by atoms with van der Waals surface area (Å²) in [6, 6.07) is 27.1. The van der Waals surface area contributed by atoms with E-state index in [1.165, 1.54) is 5.56 Å². The first kappa shape index (κ1) is 16.8. The normalized spacial score (nSPS) is 16.7. The fourth-order valence-electron chi connectivity index (χ4n) is 3.75. The van der Waals surface area contributed by atoms with Gasteiger partial charge in [0, 0.05) is 5.57 Å². The molecule has 0 radical (unpaired) electrons. The summed E-state index contributed by atoms with van der Waals surface area (Å²) in [4.78, 5) is 0. The quantitative estimate of drug-likeness (QED) is 0.607. The Bertz CT molecular complexity index is 960. The molecule has 1 aliphatic rings. The zero-order valence-corrected chi connectivity index (χ0v) is 15.5. The second kappa shape index (κ2) is 6.26. The van der Waals surface area contributed by atoms with Gasteiger partial charge in [-0.15, -0.1) is 0 Å². The van der Waals surface area contributed by atoms with Crippen molar-refractivity contribution in [3.63, 3.8) is 0 Å². The Kier molecular flexibility index (Phi) is 4.05. The molecule has 1 heteroatoms. The van der Waals surface area contributed by atoms with E-state index in [1.807, 2.05) is 24.3 Å². The maximum Gasteiger partial charge on any atom is 0.106 e. The number of benzene rings is 3. The van der Waals surface area contributed by atoms with Crippen LogP contribution >= 0.6 is 0 Å². The third kappa shape index (κ3) is 2.79. The van der Waals surface area contributed by atoms with Crippen molar-refractivity contribution in [2.75, 3.05) is 0 Å². The van der Waals surface area contributed by atoms with Crippen LogP contribution in [0.1, 0.15) is 54.7 Å². The molecule has 0 amide bonds. The molecule has 1 N–H and O–H groups in total. The van der Waals surface area contributed by atoms with E-state index in [0.29, 0.717) is 0 Å². The van der Waals surface area contributed by atoms with Crippen LogP contribution in [0.2, 0.25) is 0 Å². The van der Waals surface area contributed by atoms with Crippen molar-refractivity contribution in [1.29, 1.82) is 0 Å². The van der Waals surface area contributed by atoms with Crippen molar-refractivity contribution in [2.24, 2.45) is 0 Å². The Balaban J connectivity index is 2.01. The van der Waals surface area contributed by atoms with Gasteiger partial charge in [0.1, 0.15) is 6.10 Å². The van der Waals surface area contributed by atoms with E-state index < -0.39 is 6.10 Å². The Morgan fingerprint density at radius 1 is 0.731 bits per heavy atom. The lowest BCUT2D eigenvalue weighted by Crippen LogP contribution is -2.11. The molecule has 0 spiro atoms. The second-order valence-corrected chi connectivity index (χ2v) is 7.98. The topological polar surface area (TPSA) is 20.2 Å². The molecular weight excluding hydrogens is 316 g/mol. The molecular formula is C25H24O. The minimum absolute atomic E-state index is 0.0667. The molecule has 3 aromatic rings. The van der Waals surface area contributed by atoms with Crippen LogP contribution in [0.3, 0.4) is 0 Å². The van der Waals surface area contributed by atoms with Crippen molar-refractivity contribution >= 4 is 11.1 Å². The Morgan fingerprint density at radius 2 is 1.31 bits per heavy atom. The number of rotatable bonds is 2. The van der Waals surface area contributed by atoms with E-state index in [-0.39, 0.29) is 5.41 Å². The fraction of sp³-hybridized carbons (Fsp3) is 0.200. The molecule has 3 aromatic carbocycles. The Morgan fingerprint density at radius 3 is 1.88 bits per heavy atom. The SMILES string of the molecule is CC(C)(C)c1ccc2c(c1)C(c1ccccc1)=C(c1ccccc1)C2O. The molecule has 0 heterocycles. The summed E-state index contributed by atoms with van der Waals surface area (Å²) in [6.45, 7) is 6.68. The molecule has 1 atom stereocenters. The van der Waals surface area contributed by atoms with Crippen LogP contribution in [-0.2, 0) is 5.41 Å². The van der Waals surface area contributed by atoms with Gasteiger partial charge < -0.3 is 5.11 Å². The van der Waals surface area contributed by atoms with Crippen LogP contribution in [0.4, 0.5) is 0 Å². The number of hydrogen-bond acceptors (Lipinski definition) is 1. The molecule has 0 saturated carbocycles. The highest BCUT2D eigenvalue weighted by atomic mass is 16.3. The average molecular weight is 340 g/mol.